The lowest BCUT2D eigenvalue weighted by Gasteiger charge is -2.14. The molecule has 0 fully saturated rings. The summed E-state index contributed by atoms with van der Waals surface area (Å²) in [5, 5.41) is 6.10. The monoisotopic (exact) mass is 432 g/mol. The molecule has 0 atom stereocenters. The molecule has 5 nitrogen and oxygen atoms in total. The molecule has 0 saturated heterocycles. The standard InChI is InChI=1S/C19H14ClFN4OS2/c1-11-6-13(12-2-4-26-10-12)17(9-23-11)24-16-8-15(21)18(7-14(16)20)28-25-19-22-3-5-27-19/h2-10,24H,1H3,(H,22,25). The maximum atomic E-state index is 14.6. The van der Waals surface area contributed by atoms with E-state index in [-0.39, 0.29) is 0 Å². The van der Waals surface area contributed by atoms with E-state index in [0.717, 1.165) is 28.8 Å². The number of benzene rings is 1. The largest absolute Gasteiger partial charge is 0.472 e. The van der Waals surface area contributed by atoms with Gasteiger partial charge in [-0.15, -0.1) is 11.3 Å². The van der Waals surface area contributed by atoms with Crippen molar-refractivity contribution in [1.29, 1.82) is 0 Å². The van der Waals surface area contributed by atoms with E-state index in [0.29, 0.717) is 26.4 Å². The van der Waals surface area contributed by atoms with E-state index >= 15 is 0 Å². The quantitative estimate of drug-likeness (QED) is 0.328. The van der Waals surface area contributed by atoms with E-state index in [1.807, 2.05) is 24.4 Å². The molecule has 0 aliphatic carbocycles. The number of thiazole rings is 1. The first-order valence-corrected chi connectivity index (χ1v) is 10.2. The fourth-order valence-corrected chi connectivity index (χ4v) is 4.08. The lowest BCUT2D eigenvalue weighted by atomic mass is 10.1. The highest BCUT2D eigenvalue weighted by Gasteiger charge is 2.13. The Morgan fingerprint density at radius 1 is 1.21 bits per heavy atom. The molecule has 0 saturated carbocycles. The molecule has 0 spiro atoms. The summed E-state index contributed by atoms with van der Waals surface area (Å²) in [4.78, 5) is 8.80. The number of rotatable bonds is 6. The van der Waals surface area contributed by atoms with E-state index in [1.165, 1.54) is 17.4 Å². The predicted octanol–water partition coefficient (Wildman–Crippen LogP) is 6.76. The zero-order valence-electron chi connectivity index (χ0n) is 14.6. The summed E-state index contributed by atoms with van der Waals surface area (Å²) in [6.45, 7) is 1.90. The summed E-state index contributed by atoms with van der Waals surface area (Å²) in [6, 6.07) is 6.72. The van der Waals surface area contributed by atoms with Gasteiger partial charge in [0.1, 0.15) is 5.82 Å². The van der Waals surface area contributed by atoms with Gasteiger partial charge in [-0.05, 0) is 37.1 Å². The van der Waals surface area contributed by atoms with Crippen LogP contribution in [0, 0.1) is 12.7 Å². The van der Waals surface area contributed by atoms with Crippen molar-refractivity contribution in [3.05, 3.63) is 71.1 Å². The number of furan rings is 1. The maximum Gasteiger partial charge on any atom is 0.192 e. The van der Waals surface area contributed by atoms with Crippen molar-refractivity contribution in [2.75, 3.05) is 10.0 Å². The van der Waals surface area contributed by atoms with E-state index in [2.05, 4.69) is 20.0 Å². The first-order valence-electron chi connectivity index (χ1n) is 8.18. The molecule has 3 heterocycles. The Labute approximate surface area is 174 Å². The van der Waals surface area contributed by atoms with Crippen LogP contribution in [0.1, 0.15) is 5.69 Å². The molecule has 0 amide bonds. The van der Waals surface area contributed by atoms with Gasteiger partial charge in [-0.25, -0.2) is 9.37 Å². The lowest BCUT2D eigenvalue weighted by molar-refractivity contribution is 0.568. The average Bonchev–Trinajstić information content (AvgIpc) is 3.38. The molecule has 1 aromatic carbocycles. The van der Waals surface area contributed by atoms with Crippen LogP contribution in [0.3, 0.4) is 0 Å². The van der Waals surface area contributed by atoms with Crippen LogP contribution < -0.4 is 10.0 Å². The fraction of sp³-hybridized carbons (Fsp3) is 0.0526. The minimum Gasteiger partial charge on any atom is -0.472 e. The second-order valence-electron chi connectivity index (χ2n) is 5.81. The Morgan fingerprint density at radius 3 is 2.86 bits per heavy atom. The third-order valence-electron chi connectivity index (χ3n) is 3.84. The van der Waals surface area contributed by atoms with Crippen LogP contribution in [-0.2, 0) is 0 Å². The zero-order chi connectivity index (χ0) is 19.5. The Hall–Kier alpha value is -2.55. The van der Waals surface area contributed by atoms with Crippen LogP contribution >= 0.6 is 34.9 Å². The molecule has 0 radical (unpaired) electrons. The first-order chi connectivity index (χ1) is 13.6. The number of hydrogen-bond donors (Lipinski definition) is 2. The van der Waals surface area contributed by atoms with Crippen molar-refractivity contribution in [3.8, 4) is 11.1 Å². The van der Waals surface area contributed by atoms with Gasteiger partial charge in [0.2, 0.25) is 0 Å². The summed E-state index contributed by atoms with van der Waals surface area (Å²) in [5.41, 5.74) is 3.80. The molecular weight excluding hydrogens is 419 g/mol. The van der Waals surface area contributed by atoms with Gasteiger partial charge in [0.25, 0.3) is 0 Å². The van der Waals surface area contributed by atoms with Gasteiger partial charge in [0.15, 0.2) is 5.13 Å². The Balaban J connectivity index is 1.60. The number of hydrogen-bond acceptors (Lipinski definition) is 7. The highest BCUT2D eigenvalue weighted by molar-refractivity contribution is 8.00. The maximum absolute atomic E-state index is 14.6. The molecular formula is C19H14ClFN4OS2. The summed E-state index contributed by atoms with van der Waals surface area (Å²) in [6.07, 6.45) is 6.62. The molecule has 9 heteroatoms. The van der Waals surface area contributed by atoms with Crippen molar-refractivity contribution < 1.29 is 8.81 Å². The summed E-state index contributed by atoms with van der Waals surface area (Å²) >= 11 is 8.95. The lowest BCUT2D eigenvalue weighted by Crippen LogP contribution is -1.98. The van der Waals surface area contributed by atoms with Crippen LogP contribution in [0.25, 0.3) is 11.1 Å². The number of nitrogens with zero attached hydrogens (tertiary/aromatic N) is 2. The number of pyridine rings is 1. The number of aromatic nitrogens is 2. The third kappa shape index (κ3) is 4.14. The summed E-state index contributed by atoms with van der Waals surface area (Å²) in [5.74, 6) is -0.397. The first kappa shape index (κ1) is 18.8. The number of aryl methyl sites for hydroxylation is 1. The van der Waals surface area contributed by atoms with Gasteiger partial charge in [0, 0.05) is 34.5 Å². The van der Waals surface area contributed by atoms with E-state index in [4.69, 9.17) is 16.0 Å². The molecule has 3 aromatic heterocycles. The van der Waals surface area contributed by atoms with Crippen LogP contribution in [0.15, 0.2) is 63.9 Å². The molecule has 4 aromatic rings. The smallest absolute Gasteiger partial charge is 0.192 e. The molecule has 0 bridgehead atoms. The van der Waals surface area contributed by atoms with Gasteiger partial charge < -0.3 is 14.5 Å². The predicted molar refractivity (Wildman–Crippen MR) is 113 cm³/mol. The molecule has 28 heavy (non-hydrogen) atoms. The van der Waals surface area contributed by atoms with Crippen molar-refractivity contribution in [3.63, 3.8) is 0 Å². The van der Waals surface area contributed by atoms with Gasteiger partial charge in [-0.2, -0.15) is 0 Å². The van der Waals surface area contributed by atoms with Crippen molar-refractivity contribution in [1.82, 2.24) is 9.97 Å². The van der Waals surface area contributed by atoms with Gasteiger partial charge in [0.05, 0.1) is 40.0 Å². The highest BCUT2D eigenvalue weighted by Crippen LogP contribution is 2.36. The summed E-state index contributed by atoms with van der Waals surface area (Å²) in [7, 11) is 0. The summed E-state index contributed by atoms with van der Waals surface area (Å²) < 4.78 is 22.8. The number of anilines is 3. The molecule has 0 unspecified atom stereocenters. The molecule has 0 aliphatic heterocycles. The van der Waals surface area contributed by atoms with Crippen LogP contribution in [-0.4, -0.2) is 9.97 Å². The highest BCUT2D eigenvalue weighted by atomic mass is 35.5. The van der Waals surface area contributed by atoms with E-state index < -0.39 is 5.82 Å². The van der Waals surface area contributed by atoms with Crippen LogP contribution in [0.4, 0.5) is 20.9 Å². The Bertz CT molecular complexity index is 1090. The van der Waals surface area contributed by atoms with Crippen LogP contribution in [0.5, 0.6) is 0 Å². The normalized spacial score (nSPS) is 10.8. The second kappa shape index (κ2) is 8.22. The number of halogens is 2. The average molecular weight is 433 g/mol. The van der Waals surface area contributed by atoms with Crippen molar-refractivity contribution in [2.24, 2.45) is 0 Å². The molecule has 142 valence electrons. The van der Waals surface area contributed by atoms with Crippen LogP contribution in [0.2, 0.25) is 5.02 Å². The van der Waals surface area contributed by atoms with E-state index in [1.54, 1.807) is 31.0 Å². The van der Waals surface area contributed by atoms with Crippen molar-refractivity contribution in [2.45, 2.75) is 11.8 Å². The minimum atomic E-state index is -0.397. The van der Waals surface area contributed by atoms with Crippen molar-refractivity contribution >= 4 is 51.4 Å². The molecule has 4 rings (SSSR count). The fourth-order valence-electron chi connectivity index (χ4n) is 2.54. The second-order valence-corrected chi connectivity index (χ2v) is 7.96. The van der Waals surface area contributed by atoms with Gasteiger partial charge in [-0.3, -0.25) is 4.98 Å². The molecule has 2 N–H and O–H groups in total. The van der Waals surface area contributed by atoms with Gasteiger partial charge >= 0.3 is 0 Å². The molecule has 0 aliphatic rings. The van der Waals surface area contributed by atoms with Gasteiger partial charge in [-0.1, -0.05) is 11.6 Å². The van der Waals surface area contributed by atoms with E-state index in [9.17, 15) is 4.39 Å². The SMILES string of the molecule is Cc1cc(-c2ccoc2)c(Nc2cc(F)c(SNc3nccs3)cc2Cl)cn1. The minimum absolute atomic E-state index is 0.378. The number of nitrogens with one attached hydrogen (secondary N) is 2. The topological polar surface area (TPSA) is 63.0 Å². The Morgan fingerprint density at radius 2 is 2.11 bits per heavy atom. The zero-order valence-corrected chi connectivity index (χ0v) is 17.0. The Kier molecular flexibility index (Phi) is 5.52. The third-order valence-corrected chi connectivity index (χ3v) is 5.80.